The van der Waals surface area contributed by atoms with Crippen molar-refractivity contribution in [3.05, 3.63) is 28.8 Å². The molecule has 0 bridgehead atoms. The van der Waals surface area contributed by atoms with E-state index in [1.807, 2.05) is 25.2 Å². The van der Waals surface area contributed by atoms with Gasteiger partial charge >= 0.3 is 0 Å². The first-order chi connectivity index (χ1) is 14.6. The van der Waals surface area contributed by atoms with E-state index in [0.29, 0.717) is 0 Å². The van der Waals surface area contributed by atoms with Crippen LogP contribution in [0.3, 0.4) is 0 Å². The van der Waals surface area contributed by atoms with Crippen molar-refractivity contribution in [3.63, 3.8) is 0 Å². The molecule has 3 rings (SSSR count). The minimum atomic E-state index is 0.240. The van der Waals surface area contributed by atoms with Crippen molar-refractivity contribution in [3.8, 4) is 5.75 Å². The van der Waals surface area contributed by atoms with E-state index in [-0.39, 0.29) is 5.54 Å². The van der Waals surface area contributed by atoms with Crippen molar-refractivity contribution in [2.75, 3.05) is 60.5 Å². The summed E-state index contributed by atoms with van der Waals surface area (Å²) in [6, 6.07) is 5.85. The maximum atomic E-state index is 6.37. The van der Waals surface area contributed by atoms with Gasteiger partial charge in [0, 0.05) is 30.7 Å². The highest BCUT2D eigenvalue weighted by Crippen LogP contribution is 2.30. The van der Waals surface area contributed by atoms with Crippen LogP contribution in [0.25, 0.3) is 0 Å². The molecule has 6 nitrogen and oxygen atoms in total. The molecule has 30 heavy (non-hydrogen) atoms. The molecule has 0 atom stereocenters. The number of guanidine groups is 1. The third kappa shape index (κ3) is 6.02. The molecule has 2 N–H and O–H groups in total. The van der Waals surface area contributed by atoms with E-state index in [9.17, 15) is 0 Å². The Balaban J connectivity index is 1.53. The van der Waals surface area contributed by atoms with E-state index in [4.69, 9.17) is 16.3 Å². The summed E-state index contributed by atoms with van der Waals surface area (Å²) in [6.07, 6.45) is 7.30. The van der Waals surface area contributed by atoms with E-state index >= 15 is 0 Å². The smallest absolute Gasteiger partial charge is 0.191 e. The number of piperidine rings is 2. The molecule has 1 aromatic carbocycles. The molecule has 0 radical (unpaired) electrons. The molecular weight excluding hydrogens is 398 g/mol. The molecule has 7 heteroatoms. The third-order valence-corrected chi connectivity index (χ3v) is 7.05. The monoisotopic (exact) mass is 435 g/mol. The van der Waals surface area contributed by atoms with Gasteiger partial charge in [0.1, 0.15) is 5.75 Å². The molecule has 2 saturated heterocycles. The van der Waals surface area contributed by atoms with E-state index in [2.05, 4.69) is 32.5 Å². The molecule has 0 aliphatic carbocycles. The Bertz CT molecular complexity index is 697. The highest BCUT2D eigenvalue weighted by atomic mass is 35.5. The third-order valence-electron chi connectivity index (χ3n) is 6.70. The van der Waals surface area contributed by atoms with Gasteiger partial charge in [-0.2, -0.15) is 0 Å². The average molecular weight is 436 g/mol. The van der Waals surface area contributed by atoms with Gasteiger partial charge in [-0.3, -0.25) is 9.89 Å². The number of halogens is 1. The van der Waals surface area contributed by atoms with Gasteiger partial charge < -0.3 is 20.3 Å². The number of nitrogens with one attached hydrogen (secondary N) is 2. The number of rotatable bonds is 7. The van der Waals surface area contributed by atoms with Crippen LogP contribution in [0.15, 0.2) is 23.2 Å². The van der Waals surface area contributed by atoms with Crippen LogP contribution in [0.4, 0.5) is 0 Å². The summed E-state index contributed by atoms with van der Waals surface area (Å²) in [6.45, 7) is 6.52. The van der Waals surface area contributed by atoms with Crippen LogP contribution in [0.5, 0.6) is 5.75 Å². The second-order valence-corrected chi connectivity index (χ2v) is 9.04. The predicted octanol–water partition coefficient (Wildman–Crippen LogP) is 3.01. The minimum Gasteiger partial charge on any atom is -0.497 e. The second-order valence-electron chi connectivity index (χ2n) is 8.64. The number of hydrogen-bond donors (Lipinski definition) is 2. The van der Waals surface area contributed by atoms with Crippen LogP contribution in [0, 0.1) is 0 Å². The first-order valence-electron chi connectivity index (χ1n) is 11.3. The number of methoxy groups -OCH3 is 1. The fraction of sp³-hybridized carbons (Fsp3) is 0.696. The van der Waals surface area contributed by atoms with Gasteiger partial charge in [-0.05, 0) is 83.0 Å². The van der Waals surface area contributed by atoms with Gasteiger partial charge in [-0.25, -0.2) is 0 Å². The zero-order valence-electron chi connectivity index (χ0n) is 18.8. The number of nitrogens with zero attached hydrogens (tertiary/aromatic N) is 3. The van der Waals surface area contributed by atoms with Crippen molar-refractivity contribution in [2.45, 2.75) is 44.1 Å². The van der Waals surface area contributed by atoms with Gasteiger partial charge in [0.25, 0.3) is 0 Å². The summed E-state index contributed by atoms with van der Waals surface area (Å²) in [4.78, 5) is 9.66. The van der Waals surface area contributed by atoms with E-state index < -0.39 is 0 Å². The quantitative estimate of drug-likeness (QED) is 0.509. The van der Waals surface area contributed by atoms with Crippen LogP contribution < -0.4 is 15.4 Å². The first kappa shape index (κ1) is 23.2. The van der Waals surface area contributed by atoms with Gasteiger partial charge in [0.05, 0.1) is 7.11 Å². The lowest BCUT2D eigenvalue weighted by molar-refractivity contribution is 0.0173. The Morgan fingerprint density at radius 2 is 1.87 bits per heavy atom. The Labute approximate surface area is 187 Å². The Hall–Kier alpha value is -1.50. The SMILES string of the molecule is CN=C(NCCc1ccc(OC)cc1Cl)NCC1(N2CCCCC2)CCN(C)CC1. The molecule has 2 aliphatic rings. The molecule has 0 spiro atoms. The van der Waals surface area contributed by atoms with Crippen molar-refractivity contribution < 1.29 is 4.74 Å². The number of aliphatic imine (C=N–C) groups is 1. The molecule has 2 fully saturated rings. The second kappa shape index (κ2) is 11.2. The lowest BCUT2D eigenvalue weighted by atomic mass is 9.84. The van der Waals surface area contributed by atoms with Gasteiger partial charge in [0.2, 0.25) is 0 Å². The highest BCUT2D eigenvalue weighted by molar-refractivity contribution is 6.31. The van der Waals surface area contributed by atoms with Crippen molar-refractivity contribution in [1.82, 2.24) is 20.4 Å². The zero-order valence-corrected chi connectivity index (χ0v) is 19.6. The van der Waals surface area contributed by atoms with Crippen LogP contribution in [-0.2, 0) is 6.42 Å². The van der Waals surface area contributed by atoms with E-state index in [0.717, 1.165) is 41.8 Å². The maximum Gasteiger partial charge on any atom is 0.191 e. The Morgan fingerprint density at radius 1 is 1.13 bits per heavy atom. The molecule has 0 amide bonds. The molecule has 2 aliphatic heterocycles. The zero-order chi connectivity index (χ0) is 21.4. The van der Waals surface area contributed by atoms with Crippen LogP contribution in [0.2, 0.25) is 5.02 Å². The number of likely N-dealkylation sites (tertiary alicyclic amines) is 2. The molecule has 0 saturated carbocycles. The van der Waals surface area contributed by atoms with Crippen molar-refractivity contribution in [2.24, 2.45) is 4.99 Å². The molecule has 168 valence electrons. The van der Waals surface area contributed by atoms with Crippen molar-refractivity contribution >= 4 is 17.6 Å². The standard InChI is InChI=1S/C23H38ClN5O/c1-25-22(26-12-9-19-7-8-20(30-3)17-21(19)24)27-18-23(10-15-28(2)16-11-23)29-13-5-4-6-14-29/h7-8,17H,4-6,9-16,18H2,1-3H3,(H2,25,26,27). The first-order valence-corrected chi connectivity index (χ1v) is 11.6. The number of ether oxygens (including phenoxy) is 1. The molecule has 2 heterocycles. The van der Waals surface area contributed by atoms with Crippen molar-refractivity contribution in [1.29, 1.82) is 0 Å². The Morgan fingerprint density at radius 3 is 2.50 bits per heavy atom. The topological polar surface area (TPSA) is 52.1 Å². The summed E-state index contributed by atoms with van der Waals surface area (Å²) in [5, 5.41) is 7.84. The molecule has 0 aromatic heterocycles. The minimum absolute atomic E-state index is 0.240. The number of benzene rings is 1. The van der Waals surface area contributed by atoms with Crippen LogP contribution in [0.1, 0.15) is 37.7 Å². The molecular formula is C23H38ClN5O. The fourth-order valence-corrected chi connectivity index (χ4v) is 4.92. The van der Waals surface area contributed by atoms with Crippen LogP contribution in [-0.4, -0.2) is 81.8 Å². The summed E-state index contributed by atoms with van der Waals surface area (Å²) < 4.78 is 5.23. The fourth-order valence-electron chi connectivity index (χ4n) is 4.65. The van der Waals surface area contributed by atoms with Gasteiger partial charge in [-0.15, -0.1) is 0 Å². The molecule has 0 unspecified atom stereocenters. The lowest BCUT2D eigenvalue weighted by Gasteiger charge is -2.50. The average Bonchev–Trinajstić information content (AvgIpc) is 2.79. The normalized spacial score (nSPS) is 20.7. The maximum absolute atomic E-state index is 6.37. The largest absolute Gasteiger partial charge is 0.497 e. The molecule has 1 aromatic rings. The van der Waals surface area contributed by atoms with Gasteiger partial charge in [-0.1, -0.05) is 24.1 Å². The number of hydrogen-bond acceptors (Lipinski definition) is 4. The van der Waals surface area contributed by atoms with Crippen LogP contribution >= 0.6 is 11.6 Å². The predicted molar refractivity (Wildman–Crippen MR) is 126 cm³/mol. The van der Waals surface area contributed by atoms with Gasteiger partial charge in [0.15, 0.2) is 5.96 Å². The highest BCUT2D eigenvalue weighted by Gasteiger charge is 2.39. The van der Waals surface area contributed by atoms with E-state index in [1.54, 1.807) is 7.11 Å². The Kier molecular flexibility index (Phi) is 8.66. The lowest BCUT2D eigenvalue weighted by Crippen LogP contribution is -2.62. The summed E-state index contributed by atoms with van der Waals surface area (Å²) in [7, 11) is 5.74. The summed E-state index contributed by atoms with van der Waals surface area (Å²) in [5.74, 6) is 1.66. The van der Waals surface area contributed by atoms with E-state index in [1.165, 1.54) is 58.3 Å². The summed E-state index contributed by atoms with van der Waals surface area (Å²) in [5.41, 5.74) is 1.35. The summed E-state index contributed by atoms with van der Waals surface area (Å²) >= 11 is 6.37.